The highest BCUT2D eigenvalue weighted by Gasteiger charge is 2.40. The summed E-state index contributed by atoms with van der Waals surface area (Å²) in [7, 11) is 0. The molecule has 7 heteroatoms. The molecule has 2 aromatic rings. The Morgan fingerprint density at radius 3 is 2.62 bits per heavy atom. The average molecular weight is 342 g/mol. The Labute approximate surface area is 136 Å². The number of nitrogens with one attached hydrogen (secondary N) is 1. The van der Waals surface area contributed by atoms with Crippen molar-refractivity contribution < 1.29 is 17.6 Å². The van der Waals surface area contributed by atoms with Gasteiger partial charge in [-0.25, -0.2) is 4.39 Å². The third-order valence-electron chi connectivity index (χ3n) is 4.69. The summed E-state index contributed by atoms with van der Waals surface area (Å²) in [4.78, 5) is 15.7. The molecule has 1 aliphatic rings. The van der Waals surface area contributed by atoms with Crippen LogP contribution in [-0.2, 0) is 6.18 Å². The zero-order valence-electron chi connectivity index (χ0n) is 13.4. The summed E-state index contributed by atoms with van der Waals surface area (Å²) in [6.07, 6.45) is -3.22. The first-order valence-corrected chi connectivity index (χ1v) is 7.73. The lowest BCUT2D eigenvalue weighted by molar-refractivity contribution is -0.136. The quantitative estimate of drug-likeness (QED) is 0.828. The van der Waals surface area contributed by atoms with Crippen molar-refractivity contribution in [2.24, 2.45) is 0 Å². The fraction of sp³-hybridized carbons (Fsp3) is 0.471. The van der Waals surface area contributed by atoms with Gasteiger partial charge in [0.1, 0.15) is 6.67 Å². The number of hydrogen-bond donors (Lipinski definition) is 1. The Morgan fingerprint density at radius 1 is 1.29 bits per heavy atom. The molecule has 3 nitrogen and oxygen atoms in total. The van der Waals surface area contributed by atoms with E-state index >= 15 is 0 Å². The zero-order valence-corrected chi connectivity index (χ0v) is 13.4. The summed E-state index contributed by atoms with van der Waals surface area (Å²) >= 11 is 0. The Morgan fingerprint density at radius 2 is 2.00 bits per heavy atom. The summed E-state index contributed by atoms with van der Waals surface area (Å²) in [5.74, 6) is 0. The minimum Gasteiger partial charge on any atom is -0.361 e. The van der Waals surface area contributed by atoms with Crippen LogP contribution in [0.2, 0.25) is 0 Å². The summed E-state index contributed by atoms with van der Waals surface area (Å²) in [5.41, 5.74) is -1.47. The van der Waals surface area contributed by atoms with Gasteiger partial charge in [0, 0.05) is 28.2 Å². The second-order valence-corrected chi connectivity index (χ2v) is 6.80. The van der Waals surface area contributed by atoms with E-state index in [0.717, 1.165) is 6.42 Å². The van der Waals surface area contributed by atoms with Gasteiger partial charge in [-0.15, -0.1) is 0 Å². The molecule has 1 aromatic heterocycles. The lowest BCUT2D eigenvalue weighted by atomic mass is 10.0. The molecule has 24 heavy (non-hydrogen) atoms. The van der Waals surface area contributed by atoms with Crippen LogP contribution in [-0.4, -0.2) is 23.2 Å². The van der Waals surface area contributed by atoms with E-state index in [1.54, 1.807) is 6.07 Å². The van der Waals surface area contributed by atoms with Gasteiger partial charge in [0.05, 0.1) is 11.6 Å². The van der Waals surface area contributed by atoms with Crippen LogP contribution in [0.25, 0.3) is 10.9 Å². The van der Waals surface area contributed by atoms with Crippen molar-refractivity contribution in [2.75, 3.05) is 11.6 Å². The van der Waals surface area contributed by atoms with E-state index in [-0.39, 0.29) is 22.5 Å². The molecule has 0 saturated carbocycles. The highest BCUT2D eigenvalue weighted by Crippen LogP contribution is 2.40. The largest absolute Gasteiger partial charge is 0.417 e. The standard InChI is InChI=1S/C17H18F4N2O/c1-16(2)6-5-11(9-18)23(16)10-3-4-14-12(7-10)13(17(19,20)21)8-15(24)22-14/h3-4,7-8,11H,5-6,9H2,1-2H3,(H,22,24). The van der Waals surface area contributed by atoms with Crippen molar-refractivity contribution in [1.29, 1.82) is 0 Å². The van der Waals surface area contributed by atoms with Crippen molar-refractivity contribution >= 4 is 16.6 Å². The third-order valence-corrected chi connectivity index (χ3v) is 4.69. The van der Waals surface area contributed by atoms with Gasteiger partial charge in [0.25, 0.3) is 0 Å². The maximum atomic E-state index is 13.3. The number of anilines is 1. The maximum Gasteiger partial charge on any atom is 0.417 e. The van der Waals surface area contributed by atoms with Gasteiger partial charge in [0.2, 0.25) is 5.56 Å². The summed E-state index contributed by atoms with van der Waals surface area (Å²) in [5, 5.41) is -0.0834. The van der Waals surface area contributed by atoms with Crippen LogP contribution < -0.4 is 10.5 Å². The molecule has 0 aliphatic carbocycles. The topological polar surface area (TPSA) is 36.1 Å². The van der Waals surface area contributed by atoms with Crippen molar-refractivity contribution in [1.82, 2.24) is 4.98 Å². The summed E-state index contributed by atoms with van der Waals surface area (Å²) < 4.78 is 53.2. The predicted octanol–water partition coefficient (Wildman–Crippen LogP) is 4.26. The molecule has 3 rings (SSSR count). The summed E-state index contributed by atoms with van der Waals surface area (Å²) in [6, 6.07) is 4.69. The van der Waals surface area contributed by atoms with Gasteiger partial charge in [-0.3, -0.25) is 4.79 Å². The molecule has 2 heterocycles. The molecule has 130 valence electrons. The minimum absolute atomic E-state index is 0.0834. The van der Waals surface area contributed by atoms with E-state index in [9.17, 15) is 22.4 Å². The number of benzene rings is 1. The van der Waals surface area contributed by atoms with Crippen molar-refractivity contribution in [3.8, 4) is 0 Å². The van der Waals surface area contributed by atoms with Gasteiger partial charge in [-0.05, 0) is 44.9 Å². The molecule has 1 unspecified atom stereocenters. The van der Waals surface area contributed by atoms with Crippen LogP contribution in [0, 0.1) is 0 Å². The Balaban J connectivity index is 2.21. The second kappa shape index (κ2) is 5.50. The number of halogens is 4. The van der Waals surface area contributed by atoms with Crippen molar-refractivity contribution in [2.45, 2.75) is 44.4 Å². The fourth-order valence-corrected chi connectivity index (χ4v) is 3.60. The molecular weight excluding hydrogens is 324 g/mol. The lowest BCUT2D eigenvalue weighted by Crippen LogP contribution is -2.44. The predicted molar refractivity (Wildman–Crippen MR) is 85.1 cm³/mol. The maximum absolute atomic E-state index is 13.3. The molecule has 1 N–H and O–H groups in total. The number of nitrogens with zero attached hydrogens (tertiary/aromatic N) is 1. The van der Waals surface area contributed by atoms with E-state index < -0.39 is 24.0 Å². The lowest BCUT2D eigenvalue weighted by Gasteiger charge is -2.37. The van der Waals surface area contributed by atoms with E-state index in [1.165, 1.54) is 12.1 Å². The molecule has 0 bridgehead atoms. The highest BCUT2D eigenvalue weighted by molar-refractivity contribution is 5.86. The van der Waals surface area contributed by atoms with E-state index in [4.69, 9.17) is 0 Å². The van der Waals surface area contributed by atoms with Gasteiger partial charge in [0.15, 0.2) is 0 Å². The van der Waals surface area contributed by atoms with Crippen molar-refractivity contribution in [3.05, 3.63) is 40.2 Å². The molecule has 1 aliphatic heterocycles. The molecule has 1 aromatic carbocycles. The first kappa shape index (κ1) is 16.8. The van der Waals surface area contributed by atoms with E-state index in [1.807, 2.05) is 18.7 Å². The molecule has 0 spiro atoms. The number of hydrogen-bond acceptors (Lipinski definition) is 2. The number of H-pyrrole nitrogens is 1. The first-order valence-electron chi connectivity index (χ1n) is 7.73. The van der Waals surface area contributed by atoms with Crippen LogP contribution >= 0.6 is 0 Å². The van der Waals surface area contributed by atoms with Crippen LogP contribution in [0.1, 0.15) is 32.3 Å². The smallest absolute Gasteiger partial charge is 0.361 e. The Hall–Kier alpha value is -2.05. The first-order chi connectivity index (χ1) is 11.1. The molecule has 1 atom stereocenters. The van der Waals surface area contributed by atoms with Gasteiger partial charge < -0.3 is 9.88 Å². The number of pyridine rings is 1. The van der Waals surface area contributed by atoms with Crippen LogP contribution in [0.5, 0.6) is 0 Å². The highest BCUT2D eigenvalue weighted by atomic mass is 19.4. The van der Waals surface area contributed by atoms with Gasteiger partial charge in [-0.2, -0.15) is 13.2 Å². The number of rotatable bonds is 2. The molecule has 1 saturated heterocycles. The zero-order chi connectivity index (χ0) is 17.7. The normalized spacial score (nSPS) is 20.8. The van der Waals surface area contributed by atoms with Crippen LogP contribution in [0.15, 0.2) is 29.1 Å². The Kier molecular flexibility index (Phi) is 3.85. The van der Waals surface area contributed by atoms with Gasteiger partial charge in [-0.1, -0.05) is 0 Å². The number of fused-ring (bicyclic) bond motifs is 1. The minimum atomic E-state index is -4.63. The number of aromatic amines is 1. The van der Waals surface area contributed by atoms with Crippen LogP contribution in [0.3, 0.4) is 0 Å². The third kappa shape index (κ3) is 2.76. The fourth-order valence-electron chi connectivity index (χ4n) is 3.60. The summed E-state index contributed by atoms with van der Waals surface area (Å²) in [6.45, 7) is 3.34. The molecular formula is C17H18F4N2O. The molecule has 0 radical (unpaired) electrons. The molecule has 0 amide bonds. The number of aromatic nitrogens is 1. The average Bonchev–Trinajstić information content (AvgIpc) is 2.79. The SMILES string of the molecule is CC1(C)CCC(CF)N1c1ccc2[nH]c(=O)cc(C(F)(F)F)c2c1. The van der Waals surface area contributed by atoms with E-state index in [0.29, 0.717) is 18.2 Å². The Bertz CT molecular complexity index is 825. The second-order valence-electron chi connectivity index (χ2n) is 6.80. The number of alkyl halides is 4. The van der Waals surface area contributed by atoms with Crippen LogP contribution in [0.4, 0.5) is 23.2 Å². The van der Waals surface area contributed by atoms with E-state index in [2.05, 4.69) is 4.98 Å². The van der Waals surface area contributed by atoms with Gasteiger partial charge >= 0.3 is 6.18 Å². The monoisotopic (exact) mass is 342 g/mol. The van der Waals surface area contributed by atoms with Crippen molar-refractivity contribution in [3.63, 3.8) is 0 Å². The molecule has 1 fully saturated rings.